The minimum absolute atomic E-state index is 0.315. The van der Waals surface area contributed by atoms with E-state index in [1.807, 2.05) is 0 Å². The maximum atomic E-state index is 13.5. The second-order valence-electron chi connectivity index (χ2n) is 10.0. The number of hydrogen-bond acceptors (Lipinski definition) is 10. The third-order valence-electron chi connectivity index (χ3n) is 7.05. The van der Waals surface area contributed by atoms with Gasteiger partial charge in [-0.1, -0.05) is 6.07 Å². The lowest BCUT2D eigenvalue weighted by atomic mass is 10.1. The molecule has 13 heteroatoms. The Hall–Kier alpha value is -4.39. The fourth-order valence-corrected chi connectivity index (χ4v) is 4.86. The fourth-order valence-electron chi connectivity index (χ4n) is 4.86. The van der Waals surface area contributed by atoms with Crippen molar-refractivity contribution in [2.75, 3.05) is 43.4 Å². The first kappa shape index (κ1) is 28.1. The number of carboxylic acid groups (broad SMARTS) is 1. The second kappa shape index (κ2) is 13.8. The van der Waals surface area contributed by atoms with Crippen molar-refractivity contribution < 1.29 is 19.0 Å². The smallest absolute Gasteiger partial charge is 0.326 e. The van der Waals surface area contributed by atoms with E-state index in [9.17, 15) is 14.3 Å². The van der Waals surface area contributed by atoms with E-state index in [0.29, 0.717) is 48.7 Å². The fraction of sp³-hybridized carbons (Fsp3) is 0.429. The van der Waals surface area contributed by atoms with Crippen LogP contribution in [0.1, 0.15) is 36.9 Å². The molecular formula is C28H34FN9O3. The molecule has 0 bridgehead atoms. The third-order valence-corrected chi connectivity index (χ3v) is 7.05. The molecule has 1 atom stereocenters. The van der Waals surface area contributed by atoms with Crippen LogP contribution in [0.3, 0.4) is 0 Å². The van der Waals surface area contributed by atoms with Crippen molar-refractivity contribution in [2.24, 2.45) is 0 Å². The van der Waals surface area contributed by atoms with Crippen LogP contribution in [0.25, 0.3) is 11.0 Å². The van der Waals surface area contributed by atoms with Gasteiger partial charge in [-0.15, -0.1) is 0 Å². The molecule has 5 rings (SSSR count). The summed E-state index contributed by atoms with van der Waals surface area (Å²) in [7, 11) is 0. The number of carbonyl (C=O) groups is 1. The van der Waals surface area contributed by atoms with Crippen molar-refractivity contribution in [3.05, 3.63) is 60.2 Å². The van der Waals surface area contributed by atoms with Gasteiger partial charge < -0.3 is 20.5 Å². The number of rotatable bonds is 15. The van der Waals surface area contributed by atoms with E-state index in [1.54, 1.807) is 6.20 Å². The van der Waals surface area contributed by atoms with Crippen molar-refractivity contribution in [1.82, 2.24) is 35.0 Å². The number of fused-ring (bicyclic) bond motifs is 2. The third kappa shape index (κ3) is 7.84. The number of ether oxygens (including phenoxy) is 1. The molecule has 1 unspecified atom stereocenters. The number of anilines is 2. The molecule has 1 aliphatic heterocycles. The number of aliphatic carboxylic acids is 1. The summed E-state index contributed by atoms with van der Waals surface area (Å²) in [6.07, 6.45) is 10.8. The van der Waals surface area contributed by atoms with Gasteiger partial charge in [0, 0.05) is 31.4 Å². The number of nitrogens with one attached hydrogen (secondary N) is 3. The van der Waals surface area contributed by atoms with E-state index in [1.165, 1.54) is 24.2 Å². The predicted octanol–water partition coefficient (Wildman–Crippen LogP) is 3.30. The zero-order chi connectivity index (χ0) is 28.4. The van der Waals surface area contributed by atoms with Crippen LogP contribution in [-0.4, -0.2) is 84.9 Å². The molecule has 0 radical (unpaired) electrons. The highest BCUT2D eigenvalue weighted by molar-refractivity contribution is 5.87. The number of aromatic amines is 1. The van der Waals surface area contributed by atoms with Gasteiger partial charge in [-0.2, -0.15) is 5.10 Å². The molecule has 0 spiro atoms. The number of aryl methyl sites for hydroxylation is 2. The molecule has 5 heterocycles. The molecule has 0 saturated carbocycles. The highest BCUT2D eigenvalue weighted by atomic mass is 19.1. The van der Waals surface area contributed by atoms with E-state index in [2.05, 4.69) is 52.8 Å². The molecule has 41 heavy (non-hydrogen) atoms. The number of carboxylic acids is 1. The van der Waals surface area contributed by atoms with Gasteiger partial charge in [0.05, 0.1) is 18.6 Å². The monoisotopic (exact) mass is 563 g/mol. The molecule has 216 valence electrons. The first-order valence-corrected chi connectivity index (χ1v) is 13.9. The molecule has 12 nitrogen and oxygen atoms in total. The first-order valence-electron chi connectivity index (χ1n) is 13.9. The minimum Gasteiger partial charge on any atom is -0.491 e. The summed E-state index contributed by atoms with van der Waals surface area (Å²) in [5, 5.41) is 23.1. The zero-order valence-corrected chi connectivity index (χ0v) is 22.7. The second-order valence-corrected chi connectivity index (χ2v) is 10.0. The van der Waals surface area contributed by atoms with Gasteiger partial charge in [0.25, 0.3) is 0 Å². The Labute approximate surface area is 236 Å². The van der Waals surface area contributed by atoms with Gasteiger partial charge in [-0.3, -0.25) is 15.0 Å². The zero-order valence-electron chi connectivity index (χ0n) is 22.7. The average Bonchev–Trinajstić information content (AvgIpc) is 3.47. The number of pyridine rings is 2. The Morgan fingerprint density at radius 3 is 2.98 bits per heavy atom. The standard InChI is InChI=1S/C28H34FN9O3/c29-20-14-22(16-30-15-20)41-13-12-38(10-2-1-5-21-7-6-19-4-3-9-31-26(19)35-21)11-8-23(28(39)40)36-27-25-24(17-34-37-25)32-18-33-27/h6-7,14-18,23H,1-5,8-13H2,(H,31,35)(H,34,37)(H,39,40)(H,32,33,36). The van der Waals surface area contributed by atoms with Crippen LogP contribution in [0.5, 0.6) is 5.75 Å². The van der Waals surface area contributed by atoms with Crippen molar-refractivity contribution in [1.29, 1.82) is 0 Å². The van der Waals surface area contributed by atoms with Crippen LogP contribution in [-0.2, 0) is 17.6 Å². The van der Waals surface area contributed by atoms with Gasteiger partial charge in [0.1, 0.15) is 47.4 Å². The minimum atomic E-state index is -0.981. The molecule has 4 aromatic rings. The Morgan fingerprint density at radius 1 is 1.17 bits per heavy atom. The van der Waals surface area contributed by atoms with Crippen LogP contribution in [0, 0.1) is 5.82 Å². The summed E-state index contributed by atoms with van der Waals surface area (Å²) in [6.45, 7) is 3.07. The lowest BCUT2D eigenvalue weighted by Crippen LogP contribution is -2.37. The summed E-state index contributed by atoms with van der Waals surface area (Å²) in [4.78, 5) is 31.2. The molecular weight excluding hydrogens is 529 g/mol. The van der Waals surface area contributed by atoms with E-state index < -0.39 is 17.8 Å². The Morgan fingerprint density at radius 2 is 2.10 bits per heavy atom. The summed E-state index contributed by atoms with van der Waals surface area (Å²) in [6, 6.07) is 4.69. The van der Waals surface area contributed by atoms with Crippen LogP contribution < -0.4 is 15.4 Å². The summed E-state index contributed by atoms with van der Waals surface area (Å²) in [5.41, 5.74) is 3.49. The van der Waals surface area contributed by atoms with Crippen LogP contribution in [0.2, 0.25) is 0 Å². The molecule has 0 aromatic carbocycles. The highest BCUT2D eigenvalue weighted by Crippen LogP contribution is 2.21. The maximum absolute atomic E-state index is 13.5. The van der Waals surface area contributed by atoms with Crippen LogP contribution in [0.4, 0.5) is 16.0 Å². The Balaban J connectivity index is 1.17. The topological polar surface area (TPSA) is 154 Å². The van der Waals surface area contributed by atoms with E-state index in [-0.39, 0.29) is 0 Å². The number of aromatic nitrogens is 6. The summed E-state index contributed by atoms with van der Waals surface area (Å²) in [5.74, 6) is 0.305. The maximum Gasteiger partial charge on any atom is 0.326 e. The van der Waals surface area contributed by atoms with E-state index in [4.69, 9.17) is 9.72 Å². The van der Waals surface area contributed by atoms with Crippen molar-refractivity contribution in [3.63, 3.8) is 0 Å². The molecule has 0 aliphatic carbocycles. The van der Waals surface area contributed by atoms with Crippen LogP contribution >= 0.6 is 0 Å². The molecule has 0 saturated heterocycles. The summed E-state index contributed by atoms with van der Waals surface area (Å²) < 4.78 is 19.2. The largest absolute Gasteiger partial charge is 0.491 e. The van der Waals surface area contributed by atoms with Gasteiger partial charge in [-0.05, 0) is 56.7 Å². The Kier molecular flexibility index (Phi) is 9.47. The van der Waals surface area contributed by atoms with E-state index >= 15 is 0 Å². The number of nitrogens with zero attached hydrogens (tertiary/aromatic N) is 6. The highest BCUT2D eigenvalue weighted by Gasteiger charge is 2.21. The Bertz CT molecular complexity index is 1450. The van der Waals surface area contributed by atoms with Gasteiger partial charge >= 0.3 is 5.97 Å². The van der Waals surface area contributed by atoms with Gasteiger partial charge in [-0.25, -0.2) is 24.1 Å². The molecule has 4 N–H and O–H groups in total. The molecule has 4 aromatic heterocycles. The number of H-pyrrole nitrogens is 1. The normalized spacial score (nSPS) is 13.5. The lowest BCUT2D eigenvalue weighted by molar-refractivity contribution is -0.138. The van der Waals surface area contributed by atoms with Crippen molar-refractivity contribution in [2.45, 2.75) is 44.6 Å². The molecule has 0 fully saturated rings. The molecule has 0 amide bonds. The average molecular weight is 564 g/mol. The SMILES string of the molecule is O=C(O)C(CCN(CCCCc1ccc2c(n1)NCCC2)CCOc1cncc(F)c1)Nc1ncnc2cn[nH]c12. The number of halogens is 1. The number of unbranched alkanes of at least 4 members (excludes halogenated alkanes) is 1. The van der Waals surface area contributed by atoms with Crippen molar-refractivity contribution in [3.8, 4) is 5.75 Å². The predicted molar refractivity (Wildman–Crippen MR) is 151 cm³/mol. The van der Waals surface area contributed by atoms with Gasteiger partial charge in [0.15, 0.2) is 5.82 Å². The summed E-state index contributed by atoms with van der Waals surface area (Å²) >= 11 is 0. The quantitative estimate of drug-likeness (QED) is 0.158. The van der Waals surface area contributed by atoms with Gasteiger partial charge in [0.2, 0.25) is 0 Å². The molecule has 1 aliphatic rings. The number of hydrogen-bond donors (Lipinski definition) is 4. The van der Waals surface area contributed by atoms with Crippen LogP contribution in [0.15, 0.2) is 43.1 Å². The van der Waals surface area contributed by atoms with Crippen molar-refractivity contribution >= 4 is 28.6 Å². The van der Waals surface area contributed by atoms with E-state index in [0.717, 1.165) is 62.9 Å². The first-order chi connectivity index (χ1) is 20.0. The lowest BCUT2D eigenvalue weighted by Gasteiger charge is -2.24.